The van der Waals surface area contributed by atoms with Crippen molar-refractivity contribution in [2.75, 3.05) is 32.6 Å². The monoisotopic (exact) mass is 337 g/mol. The van der Waals surface area contributed by atoms with E-state index in [9.17, 15) is 18.5 Å². The van der Waals surface area contributed by atoms with Gasteiger partial charge in [0.05, 0.1) is 11.5 Å². The molecule has 0 spiro atoms. The topological polar surface area (TPSA) is 134 Å². The van der Waals surface area contributed by atoms with Gasteiger partial charge in [-0.3, -0.25) is 10.1 Å². The van der Waals surface area contributed by atoms with E-state index in [0.717, 1.165) is 6.07 Å². The molecular weight excluding hydrogens is 322 g/mol. The second-order valence-corrected chi connectivity index (χ2v) is 7.66. The van der Waals surface area contributed by atoms with E-state index in [0.29, 0.717) is 31.0 Å². The van der Waals surface area contributed by atoms with Gasteiger partial charge >= 0.3 is 5.69 Å². The first-order chi connectivity index (χ1) is 9.80. The second kappa shape index (κ2) is 5.85. The van der Waals surface area contributed by atoms with Gasteiger partial charge in [-0.1, -0.05) is 11.3 Å². The van der Waals surface area contributed by atoms with Crippen molar-refractivity contribution in [2.45, 2.75) is 16.2 Å². The Labute approximate surface area is 125 Å². The van der Waals surface area contributed by atoms with E-state index in [4.69, 9.17) is 15.2 Å². The van der Waals surface area contributed by atoms with E-state index in [-0.39, 0.29) is 15.8 Å². The van der Waals surface area contributed by atoms with Gasteiger partial charge < -0.3 is 15.2 Å². The summed E-state index contributed by atoms with van der Waals surface area (Å²) in [5.74, 6) is 0. The molecule has 0 radical (unpaired) electrons. The summed E-state index contributed by atoms with van der Waals surface area (Å²) in [7, 11) is -2.40. The molecule has 3 N–H and O–H groups in total. The van der Waals surface area contributed by atoms with Crippen molar-refractivity contribution in [3.05, 3.63) is 16.2 Å². The number of sulfonamides is 1. The fraction of sp³-hybridized carbons (Fsp3) is 0.600. The average Bonchev–Trinajstić information content (AvgIpc) is 3.04. The molecule has 11 heteroatoms. The second-order valence-electron chi connectivity index (χ2n) is 4.59. The highest BCUT2D eigenvalue weighted by molar-refractivity contribution is 7.91. The molecule has 118 valence electrons. The van der Waals surface area contributed by atoms with Crippen LogP contribution in [0.5, 0.6) is 0 Å². The van der Waals surface area contributed by atoms with E-state index in [1.165, 1.54) is 7.11 Å². The van der Waals surface area contributed by atoms with Crippen LogP contribution in [0.3, 0.4) is 0 Å². The highest BCUT2D eigenvalue weighted by Crippen LogP contribution is 2.34. The fourth-order valence-electron chi connectivity index (χ4n) is 1.91. The van der Waals surface area contributed by atoms with E-state index in [1.54, 1.807) is 0 Å². The quantitative estimate of drug-likeness (QED) is 0.564. The number of rotatable bonds is 6. The Hall–Kier alpha value is -1.27. The van der Waals surface area contributed by atoms with Crippen molar-refractivity contribution in [3.8, 4) is 0 Å². The third-order valence-electron chi connectivity index (χ3n) is 3.26. The summed E-state index contributed by atoms with van der Waals surface area (Å²) in [4.78, 5) is 9.99. The van der Waals surface area contributed by atoms with Crippen LogP contribution in [0.1, 0.15) is 6.42 Å². The lowest BCUT2D eigenvalue weighted by Crippen LogP contribution is -2.44. The number of nitrogens with one attached hydrogen (secondary N) is 1. The number of anilines is 1. The number of ether oxygens (including phenoxy) is 2. The zero-order valence-corrected chi connectivity index (χ0v) is 12.8. The first-order valence-electron chi connectivity index (χ1n) is 5.96. The maximum Gasteiger partial charge on any atom is 0.304 e. The molecule has 1 saturated heterocycles. The smallest absolute Gasteiger partial charge is 0.304 e. The van der Waals surface area contributed by atoms with E-state index in [1.807, 2.05) is 0 Å². The molecule has 1 aromatic heterocycles. The van der Waals surface area contributed by atoms with Gasteiger partial charge in [0.2, 0.25) is 10.0 Å². The van der Waals surface area contributed by atoms with Gasteiger partial charge in [0.1, 0.15) is 9.81 Å². The molecule has 0 saturated carbocycles. The van der Waals surface area contributed by atoms with Gasteiger partial charge in [-0.2, -0.15) is 0 Å². The number of nitrogens with zero attached hydrogens (tertiary/aromatic N) is 1. The number of nitrogens with two attached hydrogens (primary N) is 1. The summed E-state index contributed by atoms with van der Waals surface area (Å²) in [6.45, 7) is 0.809. The van der Waals surface area contributed by atoms with Gasteiger partial charge in [-0.15, -0.1) is 0 Å². The lowest BCUT2D eigenvalue weighted by molar-refractivity contribution is -0.383. The number of nitro groups is 1. The van der Waals surface area contributed by atoms with Crippen molar-refractivity contribution >= 4 is 32.0 Å². The van der Waals surface area contributed by atoms with Crippen molar-refractivity contribution in [3.63, 3.8) is 0 Å². The Balaban J connectivity index is 2.15. The number of hydrogen-bond acceptors (Lipinski definition) is 8. The molecule has 2 rings (SSSR count). The Bertz CT molecular complexity index is 635. The number of nitrogen functional groups attached to an aromatic ring is 1. The van der Waals surface area contributed by atoms with Crippen LogP contribution in [-0.2, 0) is 19.5 Å². The summed E-state index contributed by atoms with van der Waals surface area (Å²) >= 11 is 0.652. The predicted molar refractivity (Wildman–Crippen MR) is 75.8 cm³/mol. The maximum absolute atomic E-state index is 12.2. The first-order valence-corrected chi connectivity index (χ1v) is 8.26. The van der Waals surface area contributed by atoms with Crippen molar-refractivity contribution < 1.29 is 22.8 Å². The van der Waals surface area contributed by atoms with Crippen LogP contribution in [0.2, 0.25) is 0 Å². The summed E-state index contributed by atoms with van der Waals surface area (Å²) in [6, 6.07) is 0.951. The predicted octanol–water partition coefficient (Wildman–Crippen LogP) is 0.322. The number of thiophene rings is 1. The van der Waals surface area contributed by atoms with Crippen molar-refractivity contribution in [2.24, 2.45) is 0 Å². The molecule has 9 nitrogen and oxygen atoms in total. The number of methoxy groups -OCH3 is 1. The lowest BCUT2D eigenvalue weighted by atomic mass is 10.0. The van der Waals surface area contributed by atoms with Crippen LogP contribution in [0.15, 0.2) is 10.3 Å². The highest BCUT2D eigenvalue weighted by atomic mass is 32.2. The molecule has 1 aliphatic rings. The molecule has 2 heterocycles. The van der Waals surface area contributed by atoms with E-state index < -0.39 is 26.2 Å². The summed E-state index contributed by atoms with van der Waals surface area (Å²) in [5.41, 5.74) is 4.33. The summed E-state index contributed by atoms with van der Waals surface area (Å²) in [5, 5.41) is 10.6. The molecule has 1 unspecified atom stereocenters. The molecular formula is C10H15N3O6S2. The van der Waals surface area contributed by atoms with Gasteiger partial charge in [0.15, 0.2) is 5.00 Å². The highest BCUT2D eigenvalue weighted by Gasteiger charge is 2.36. The van der Waals surface area contributed by atoms with Gasteiger partial charge in [0, 0.05) is 32.7 Å². The summed E-state index contributed by atoms with van der Waals surface area (Å²) in [6.07, 6.45) is 0.568. The van der Waals surface area contributed by atoms with Gasteiger partial charge in [0.25, 0.3) is 0 Å². The molecule has 21 heavy (non-hydrogen) atoms. The SMILES string of the molecule is COC1(CNS(=O)(=O)c2cc([N+](=O)[O-])c(N)s2)CCOC1. The largest absolute Gasteiger partial charge is 0.385 e. The third kappa shape index (κ3) is 3.32. The van der Waals surface area contributed by atoms with Crippen LogP contribution >= 0.6 is 11.3 Å². The van der Waals surface area contributed by atoms with Crippen LogP contribution in [-0.4, -0.2) is 45.8 Å². The fourth-order valence-corrected chi connectivity index (χ4v) is 4.28. The normalized spacial score (nSPS) is 22.5. The number of hydrogen-bond donors (Lipinski definition) is 2. The minimum Gasteiger partial charge on any atom is -0.385 e. The Kier molecular flexibility index (Phi) is 4.49. The molecule has 0 aliphatic carbocycles. The van der Waals surface area contributed by atoms with Crippen LogP contribution in [0.4, 0.5) is 10.7 Å². The van der Waals surface area contributed by atoms with Gasteiger partial charge in [-0.25, -0.2) is 13.1 Å². The Morgan fingerprint density at radius 2 is 2.38 bits per heavy atom. The zero-order chi connectivity index (χ0) is 15.7. The zero-order valence-electron chi connectivity index (χ0n) is 11.2. The average molecular weight is 337 g/mol. The van der Waals surface area contributed by atoms with E-state index in [2.05, 4.69) is 4.72 Å². The molecule has 0 amide bonds. The van der Waals surface area contributed by atoms with Crippen LogP contribution in [0, 0.1) is 10.1 Å². The van der Waals surface area contributed by atoms with Gasteiger partial charge in [-0.05, 0) is 0 Å². The first kappa shape index (κ1) is 16.1. The Morgan fingerprint density at radius 3 is 2.86 bits per heavy atom. The van der Waals surface area contributed by atoms with Crippen LogP contribution in [0.25, 0.3) is 0 Å². The molecule has 0 aromatic carbocycles. The third-order valence-corrected chi connectivity index (χ3v) is 6.09. The lowest BCUT2D eigenvalue weighted by Gasteiger charge is -2.25. The molecule has 0 bridgehead atoms. The summed E-state index contributed by atoms with van der Waals surface area (Å²) < 4.78 is 37.0. The standard InChI is InChI=1S/C10H15N3O6S2/c1-18-10(2-3-19-6-10)5-12-21(16,17)8-4-7(13(14)15)9(11)20-8/h4,12H,2-3,5-6,11H2,1H3. The minimum absolute atomic E-state index is 0.0252. The van der Waals surface area contributed by atoms with E-state index >= 15 is 0 Å². The molecule has 1 atom stereocenters. The van der Waals surface area contributed by atoms with Crippen LogP contribution < -0.4 is 10.5 Å². The maximum atomic E-state index is 12.2. The van der Waals surface area contributed by atoms with Crippen molar-refractivity contribution in [1.29, 1.82) is 0 Å². The van der Waals surface area contributed by atoms with Crippen molar-refractivity contribution in [1.82, 2.24) is 4.72 Å². The molecule has 1 aliphatic heterocycles. The molecule has 1 aromatic rings. The minimum atomic E-state index is -3.88. The molecule has 1 fully saturated rings. The Morgan fingerprint density at radius 1 is 1.67 bits per heavy atom.